The van der Waals surface area contributed by atoms with Gasteiger partial charge in [0.1, 0.15) is 17.7 Å². The van der Waals surface area contributed by atoms with E-state index in [4.69, 9.17) is 39.9 Å². The summed E-state index contributed by atoms with van der Waals surface area (Å²) in [5.74, 6) is -5.77. The number of amides is 2. The predicted octanol–water partition coefficient (Wildman–Crippen LogP) is 3.01. The third-order valence-corrected chi connectivity index (χ3v) is 5.73. The Morgan fingerprint density at radius 1 is 0.889 bits per heavy atom. The quantitative estimate of drug-likeness (QED) is 0.286. The smallest absolute Gasteiger partial charge is 0.322 e. The lowest BCUT2D eigenvalue weighted by atomic mass is 10.1. The fraction of sp³-hybridized carbons (Fsp3) is 0.130. The predicted molar refractivity (Wildman–Crippen MR) is 132 cm³/mol. The molecule has 0 atom stereocenters. The topological polar surface area (TPSA) is 158 Å². The molecule has 0 spiro atoms. The first-order valence-corrected chi connectivity index (χ1v) is 11.3. The highest BCUT2D eigenvalue weighted by molar-refractivity contribution is 6.34. The molecule has 2 aromatic carbocycles. The molecule has 0 saturated heterocycles. The molecule has 10 nitrogen and oxygen atoms in total. The second kappa shape index (κ2) is 11.3. The average Bonchev–Trinajstić information content (AvgIpc) is 2.79. The van der Waals surface area contributed by atoms with Crippen molar-refractivity contribution < 1.29 is 29.7 Å². The molecule has 0 saturated carbocycles. The van der Waals surface area contributed by atoms with Crippen LogP contribution in [0.2, 0.25) is 15.1 Å². The number of carbonyl (C=O) groups is 3. The summed E-state index contributed by atoms with van der Waals surface area (Å²) in [5.41, 5.74) is -2.04. The van der Waals surface area contributed by atoms with Crippen LogP contribution in [0.25, 0.3) is 0 Å². The molecular weight excluding hydrogens is 537 g/mol. The number of halogens is 3. The number of aliphatic carboxylic acids is 1. The molecule has 0 aliphatic heterocycles. The van der Waals surface area contributed by atoms with Gasteiger partial charge in [0, 0.05) is 21.6 Å². The van der Waals surface area contributed by atoms with E-state index in [0.717, 1.165) is 0 Å². The Bertz CT molecular complexity index is 1400. The van der Waals surface area contributed by atoms with Crippen LogP contribution in [-0.2, 0) is 17.9 Å². The maximum absolute atomic E-state index is 13.1. The lowest BCUT2D eigenvalue weighted by Crippen LogP contribution is -2.37. The first kappa shape index (κ1) is 26.9. The molecule has 0 aliphatic carbocycles. The van der Waals surface area contributed by atoms with Crippen molar-refractivity contribution in [1.29, 1.82) is 0 Å². The number of rotatable bonds is 8. The Kier molecular flexibility index (Phi) is 8.46. The van der Waals surface area contributed by atoms with Crippen molar-refractivity contribution in [3.05, 3.63) is 90.1 Å². The second-order valence-electron chi connectivity index (χ2n) is 7.44. The van der Waals surface area contributed by atoms with E-state index < -0.39 is 52.6 Å². The summed E-state index contributed by atoms with van der Waals surface area (Å²) in [6, 6.07) is 10.9. The molecule has 1 aromatic heterocycles. The highest BCUT2D eigenvalue weighted by Gasteiger charge is 2.30. The fourth-order valence-electron chi connectivity index (χ4n) is 3.28. The number of pyridine rings is 1. The zero-order chi connectivity index (χ0) is 26.6. The summed E-state index contributed by atoms with van der Waals surface area (Å²) < 4.78 is 0.668. The van der Waals surface area contributed by atoms with Gasteiger partial charge in [-0.3, -0.25) is 23.7 Å². The minimum absolute atomic E-state index is 0.137. The maximum Gasteiger partial charge on any atom is 0.322 e. The van der Waals surface area contributed by atoms with E-state index in [1.165, 1.54) is 24.3 Å². The average molecular weight is 555 g/mol. The number of carbonyl (C=O) groups excluding carboxylic acids is 2. The third-order valence-electron chi connectivity index (χ3n) is 4.93. The number of aromatic hydroxyl groups is 2. The molecule has 0 bridgehead atoms. The van der Waals surface area contributed by atoms with Crippen molar-refractivity contribution in [2.45, 2.75) is 13.1 Å². The Hall–Kier alpha value is -3.73. The Morgan fingerprint density at radius 3 is 2.11 bits per heavy atom. The molecule has 0 unspecified atom stereocenters. The largest absolute Gasteiger partial charge is 0.506 e. The third kappa shape index (κ3) is 6.09. The van der Waals surface area contributed by atoms with Crippen LogP contribution in [0.15, 0.2) is 47.3 Å². The minimum Gasteiger partial charge on any atom is -0.506 e. The van der Waals surface area contributed by atoms with Gasteiger partial charge in [-0.1, -0.05) is 53.0 Å². The van der Waals surface area contributed by atoms with Crippen LogP contribution in [0, 0.1) is 0 Å². The first-order chi connectivity index (χ1) is 17.0. The molecular formula is C23H18Cl3N3O7. The molecule has 188 valence electrons. The first-order valence-electron chi connectivity index (χ1n) is 10.1. The lowest BCUT2D eigenvalue weighted by molar-refractivity contribution is -0.135. The van der Waals surface area contributed by atoms with Gasteiger partial charge in [-0.2, -0.15) is 0 Å². The van der Waals surface area contributed by atoms with Gasteiger partial charge in [-0.25, -0.2) is 0 Å². The van der Waals surface area contributed by atoms with Crippen molar-refractivity contribution >= 4 is 52.6 Å². The van der Waals surface area contributed by atoms with Gasteiger partial charge in [0.2, 0.25) is 5.88 Å². The second-order valence-corrected chi connectivity index (χ2v) is 8.72. The monoisotopic (exact) mass is 553 g/mol. The Balaban J connectivity index is 2.08. The Labute approximate surface area is 218 Å². The van der Waals surface area contributed by atoms with Crippen LogP contribution in [-0.4, -0.2) is 44.2 Å². The molecule has 13 heteroatoms. The molecule has 0 aliphatic rings. The molecule has 3 rings (SSSR count). The van der Waals surface area contributed by atoms with E-state index in [-0.39, 0.29) is 18.1 Å². The minimum atomic E-state index is -1.41. The van der Waals surface area contributed by atoms with E-state index in [1.54, 1.807) is 18.2 Å². The molecule has 2 amide bonds. The van der Waals surface area contributed by atoms with E-state index >= 15 is 0 Å². The van der Waals surface area contributed by atoms with Crippen LogP contribution in [0.3, 0.4) is 0 Å². The van der Waals surface area contributed by atoms with Crippen molar-refractivity contribution in [3.8, 4) is 11.6 Å². The van der Waals surface area contributed by atoms with Gasteiger partial charge in [0.15, 0.2) is 5.75 Å². The van der Waals surface area contributed by atoms with E-state index in [2.05, 4.69) is 5.32 Å². The van der Waals surface area contributed by atoms with E-state index in [1.807, 2.05) is 5.32 Å². The van der Waals surface area contributed by atoms with Gasteiger partial charge in [0.05, 0.1) is 6.54 Å². The number of nitrogens with one attached hydrogen (secondary N) is 2. The summed E-state index contributed by atoms with van der Waals surface area (Å²) in [7, 11) is 0. The number of carboxylic acid groups (broad SMARTS) is 1. The van der Waals surface area contributed by atoms with Crippen LogP contribution in [0.4, 0.5) is 0 Å². The summed E-state index contributed by atoms with van der Waals surface area (Å²) in [6.45, 7) is -1.36. The normalized spacial score (nSPS) is 10.6. The Morgan fingerprint density at radius 2 is 1.50 bits per heavy atom. The zero-order valence-corrected chi connectivity index (χ0v) is 20.5. The summed E-state index contributed by atoms with van der Waals surface area (Å²) in [6.07, 6.45) is 0. The number of benzene rings is 2. The summed E-state index contributed by atoms with van der Waals surface area (Å²) >= 11 is 18.1. The molecule has 0 fully saturated rings. The van der Waals surface area contributed by atoms with Gasteiger partial charge in [-0.05, 0) is 35.4 Å². The molecule has 1 heterocycles. The van der Waals surface area contributed by atoms with Crippen molar-refractivity contribution in [3.63, 3.8) is 0 Å². The highest BCUT2D eigenvalue weighted by atomic mass is 35.5. The van der Waals surface area contributed by atoms with Gasteiger partial charge < -0.3 is 26.0 Å². The van der Waals surface area contributed by atoms with Crippen LogP contribution in [0.1, 0.15) is 31.8 Å². The maximum atomic E-state index is 13.1. The van der Waals surface area contributed by atoms with Crippen molar-refractivity contribution in [2.24, 2.45) is 0 Å². The van der Waals surface area contributed by atoms with E-state index in [0.29, 0.717) is 25.7 Å². The number of hydrogen-bond donors (Lipinski definition) is 5. The molecule has 3 aromatic rings. The van der Waals surface area contributed by atoms with Crippen molar-refractivity contribution in [2.75, 3.05) is 6.54 Å². The number of nitrogens with zero attached hydrogens (tertiary/aromatic N) is 1. The standard InChI is InChI=1S/C23H18Cl3N3O7/c24-13-5-11(6-14(25)7-13)8-27-20(33)17-19(32)18(21(34)28-9-16(30)31)23(36)29(22(17)35)10-12-3-1-2-4-15(12)26/h1-7,32,35H,8-10H2,(H,27,33)(H,28,34)(H,30,31). The fourth-order valence-corrected chi connectivity index (χ4v) is 4.05. The number of hydrogen-bond acceptors (Lipinski definition) is 6. The van der Waals surface area contributed by atoms with Gasteiger partial charge in [0.25, 0.3) is 17.4 Å². The summed E-state index contributed by atoms with van der Waals surface area (Å²) in [4.78, 5) is 49.5. The van der Waals surface area contributed by atoms with E-state index in [9.17, 15) is 29.4 Å². The van der Waals surface area contributed by atoms with Gasteiger partial charge in [-0.15, -0.1) is 0 Å². The number of carboxylic acids is 1. The van der Waals surface area contributed by atoms with Crippen LogP contribution >= 0.6 is 34.8 Å². The highest BCUT2D eigenvalue weighted by Crippen LogP contribution is 2.30. The van der Waals surface area contributed by atoms with Gasteiger partial charge >= 0.3 is 5.97 Å². The summed E-state index contributed by atoms with van der Waals surface area (Å²) in [5, 5.41) is 35.6. The SMILES string of the molecule is O=C(O)CNC(=O)c1c(O)c(C(=O)NCc2cc(Cl)cc(Cl)c2)c(O)n(Cc2ccccc2Cl)c1=O. The van der Waals surface area contributed by atoms with Crippen molar-refractivity contribution in [1.82, 2.24) is 15.2 Å². The molecule has 36 heavy (non-hydrogen) atoms. The zero-order valence-electron chi connectivity index (χ0n) is 18.2. The van der Waals surface area contributed by atoms with Crippen LogP contribution in [0.5, 0.6) is 11.6 Å². The lowest BCUT2D eigenvalue weighted by Gasteiger charge is -2.17. The number of aromatic nitrogens is 1. The molecule has 0 radical (unpaired) electrons. The molecule has 5 N–H and O–H groups in total. The van der Waals surface area contributed by atoms with Crippen LogP contribution < -0.4 is 16.2 Å².